The minimum Gasteiger partial charge on any atom is -0.432 e. The molecule has 5 heterocycles. The van der Waals surface area contributed by atoms with Gasteiger partial charge in [0, 0.05) is 25.5 Å². The molecular weight excluding hydrogens is 332 g/mol. The van der Waals surface area contributed by atoms with E-state index in [2.05, 4.69) is 25.2 Å². The molecule has 8 nitrogen and oxygen atoms in total. The van der Waals surface area contributed by atoms with E-state index in [0.29, 0.717) is 30.5 Å². The fourth-order valence-corrected chi connectivity index (χ4v) is 3.08. The lowest BCUT2D eigenvalue weighted by molar-refractivity contribution is 0.122. The van der Waals surface area contributed by atoms with Crippen molar-refractivity contribution in [2.24, 2.45) is 0 Å². The second-order valence-electron chi connectivity index (χ2n) is 5.97. The van der Waals surface area contributed by atoms with Crippen LogP contribution in [0.15, 0.2) is 47.3 Å². The fraction of sp³-hybridized carbons (Fsp3) is 0.222. The highest BCUT2D eigenvalue weighted by atomic mass is 16.5. The first-order chi connectivity index (χ1) is 12.9. The number of nitrogens with one attached hydrogen (secondary N) is 1. The number of aromatic nitrogens is 4. The van der Waals surface area contributed by atoms with Gasteiger partial charge in [-0.15, -0.1) is 0 Å². The number of nitrogens with zero attached hydrogens (tertiary/aromatic N) is 5. The molecule has 0 atom stereocenters. The molecule has 0 radical (unpaired) electrons. The molecule has 4 aromatic rings. The van der Waals surface area contributed by atoms with Gasteiger partial charge in [-0.2, -0.15) is 4.98 Å². The van der Waals surface area contributed by atoms with Crippen LogP contribution in [0.3, 0.4) is 0 Å². The summed E-state index contributed by atoms with van der Waals surface area (Å²) in [6.45, 7) is 2.83. The minimum absolute atomic E-state index is 0.499. The molecule has 0 spiro atoms. The highest BCUT2D eigenvalue weighted by molar-refractivity contribution is 6.05. The molecule has 130 valence electrons. The third-order valence-electron chi connectivity index (χ3n) is 4.30. The summed E-state index contributed by atoms with van der Waals surface area (Å²) in [5.41, 5.74) is 2.78. The average Bonchev–Trinajstić information content (AvgIpc) is 3.08. The molecule has 1 aliphatic rings. The number of rotatable bonds is 3. The van der Waals surface area contributed by atoms with E-state index in [1.54, 1.807) is 18.6 Å². The first kappa shape index (κ1) is 15.0. The predicted octanol–water partition coefficient (Wildman–Crippen LogP) is 2.75. The number of morpholine rings is 1. The molecule has 8 heteroatoms. The van der Waals surface area contributed by atoms with Crippen molar-refractivity contribution in [1.29, 1.82) is 0 Å². The molecule has 0 aromatic carbocycles. The van der Waals surface area contributed by atoms with Gasteiger partial charge in [0.05, 0.1) is 30.5 Å². The molecule has 1 saturated heterocycles. The van der Waals surface area contributed by atoms with Gasteiger partial charge in [-0.05, 0) is 24.3 Å². The number of ether oxygens (including phenoxy) is 1. The summed E-state index contributed by atoms with van der Waals surface area (Å²) < 4.78 is 11.4. The largest absolute Gasteiger partial charge is 0.432 e. The van der Waals surface area contributed by atoms with Crippen LogP contribution < -0.4 is 10.2 Å². The van der Waals surface area contributed by atoms with Gasteiger partial charge in [0.1, 0.15) is 5.52 Å². The Hall–Kier alpha value is -3.26. The summed E-state index contributed by atoms with van der Waals surface area (Å²) in [7, 11) is 0. The zero-order valence-electron chi connectivity index (χ0n) is 13.9. The SMILES string of the molecule is c1cncc(Nc2nc(N3CCOCC3)c3oc4ncccc4c3n2)c1. The molecular formula is C18H16N6O2. The normalized spacial score (nSPS) is 14.8. The summed E-state index contributed by atoms with van der Waals surface area (Å²) >= 11 is 0. The molecule has 0 bridgehead atoms. The van der Waals surface area contributed by atoms with Crippen LogP contribution in [-0.2, 0) is 4.74 Å². The lowest BCUT2D eigenvalue weighted by Crippen LogP contribution is -2.37. The molecule has 0 saturated carbocycles. The van der Waals surface area contributed by atoms with Gasteiger partial charge in [-0.1, -0.05) is 0 Å². The topological polar surface area (TPSA) is 89.2 Å². The molecule has 0 aliphatic carbocycles. The average molecular weight is 348 g/mol. The van der Waals surface area contributed by atoms with Crippen LogP contribution in [0.5, 0.6) is 0 Å². The standard InChI is InChI=1S/C18H16N6O2/c1-3-12(11-19-5-1)21-18-22-14-13-4-2-6-20-17(13)26-15(14)16(23-18)24-7-9-25-10-8-24/h1-6,11H,7-10H2,(H,21,22,23). The quantitative estimate of drug-likeness (QED) is 0.604. The molecule has 0 unspecified atom stereocenters. The predicted molar refractivity (Wildman–Crippen MR) is 97.7 cm³/mol. The van der Waals surface area contributed by atoms with E-state index < -0.39 is 0 Å². The van der Waals surface area contributed by atoms with Crippen LogP contribution in [0, 0.1) is 0 Å². The maximum atomic E-state index is 5.98. The molecule has 1 N–H and O–H groups in total. The molecule has 1 fully saturated rings. The van der Waals surface area contributed by atoms with Crippen molar-refractivity contribution < 1.29 is 9.15 Å². The number of hydrogen-bond acceptors (Lipinski definition) is 8. The van der Waals surface area contributed by atoms with Gasteiger partial charge in [-0.25, -0.2) is 9.97 Å². The van der Waals surface area contributed by atoms with Crippen LogP contribution >= 0.6 is 0 Å². The molecule has 26 heavy (non-hydrogen) atoms. The van der Waals surface area contributed by atoms with Gasteiger partial charge in [0.15, 0.2) is 11.4 Å². The van der Waals surface area contributed by atoms with E-state index in [0.717, 1.165) is 35.5 Å². The van der Waals surface area contributed by atoms with Crippen molar-refractivity contribution in [3.05, 3.63) is 42.9 Å². The number of furan rings is 1. The zero-order valence-corrected chi connectivity index (χ0v) is 13.9. The van der Waals surface area contributed by atoms with E-state index in [1.165, 1.54) is 0 Å². The number of fused-ring (bicyclic) bond motifs is 3. The number of anilines is 3. The highest BCUT2D eigenvalue weighted by Gasteiger charge is 2.22. The van der Waals surface area contributed by atoms with Crippen molar-refractivity contribution in [2.75, 3.05) is 36.5 Å². The van der Waals surface area contributed by atoms with Crippen LogP contribution in [0.1, 0.15) is 0 Å². The second kappa shape index (κ2) is 6.23. The maximum Gasteiger partial charge on any atom is 0.230 e. The van der Waals surface area contributed by atoms with Crippen LogP contribution in [0.25, 0.3) is 22.2 Å². The first-order valence-corrected chi connectivity index (χ1v) is 8.43. The van der Waals surface area contributed by atoms with E-state index in [1.807, 2.05) is 24.3 Å². The van der Waals surface area contributed by atoms with Gasteiger partial charge in [-0.3, -0.25) is 4.98 Å². The molecule has 1 aliphatic heterocycles. The Morgan fingerprint density at radius 2 is 1.92 bits per heavy atom. The fourth-order valence-electron chi connectivity index (χ4n) is 3.08. The van der Waals surface area contributed by atoms with Crippen LogP contribution in [0.4, 0.5) is 17.5 Å². The monoisotopic (exact) mass is 348 g/mol. The second-order valence-corrected chi connectivity index (χ2v) is 5.97. The first-order valence-electron chi connectivity index (χ1n) is 8.43. The Labute approximate surface area is 148 Å². The third-order valence-corrected chi connectivity index (χ3v) is 4.30. The molecule has 4 aromatic heterocycles. The Kier molecular flexibility index (Phi) is 3.60. The number of hydrogen-bond donors (Lipinski definition) is 1. The van der Waals surface area contributed by atoms with Gasteiger partial charge < -0.3 is 19.4 Å². The maximum absolute atomic E-state index is 5.98. The third kappa shape index (κ3) is 2.60. The minimum atomic E-state index is 0.499. The number of pyridine rings is 2. The summed E-state index contributed by atoms with van der Waals surface area (Å²) in [5, 5.41) is 4.09. The van der Waals surface area contributed by atoms with Crippen LogP contribution in [-0.4, -0.2) is 46.2 Å². The van der Waals surface area contributed by atoms with Gasteiger partial charge >= 0.3 is 0 Å². The molecule has 5 rings (SSSR count). The summed E-state index contributed by atoms with van der Waals surface area (Å²) in [4.78, 5) is 20.0. The summed E-state index contributed by atoms with van der Waals surface area (Å²) in [5.74, 6) is 1.25. The van der Waals surface area contributed by atoms with Crippen molar-refractivity contribution in [3.8, 4) is 0 Å². The Morgan fingerprint density at radius 3 is 2.77 bits per heavy atom. The Bertz CT molecular complexity index is 1060. The van der Waals surface area contributed by atoms with E-state index in [4.69, 9.17) is 14.1 Å². The van der Waals surface area contributed by atoms with Gasteiger partial charge in [0.2, 0.25) is 11.7 Å². The Balaban J connectivity index is 1.69. The van der Waals surface area contributed by atoms with E-state index in [-0.39, 0.29) is 0 Å². The molecule has 0 amide bonds. The summed E-state index contributed by atoms with van der Waals surface area (Å²) in [6, 6.07) is 7.62. The van der Waals surface area contributed by atoms with Crippen molar-refractivity contribution in [1.82, 2.24) is 19.9 Å². The lowest BCUT2D eigenvalue weighted by Gasteiger charge is -2.27. The lowest BCUT2D eigenvalue weighted by atomic mass is 10.3. The highest BCUT2D eigenvalue weighted by Crippen LogP contribution is 2.33. The van der Waals surface area contributed by atoms with Crippen molar-refractivity contribution in [2.45, 2.75) is 0 Å². The Morgan fingerprint density at radius 1 is 1.04 bits per heavy atom. The van der Waals surface area contributed by atoms with E-state index in [9.17, 15) is 0 Å². The van der Waals surface area contributed by atoms with Crippen molar-refractivity contribution >= 4 is 39.7 Å². The van der Waals surface area contributed by atoms with Crippen LogP contribution in [0.2, 0.25) is 0 Å². The van der Waals surface area contributed by atoms with Gasteiger partial charge in [0.25, 0.3) is 0 Å². The summed E-state index contributed by atoms with van der Waals surface area (Å²) in [6.07, 6.45) is 5.17. The zero-order chi connectivity index (χ0) is 17.3. The van der Waals surface area contributed by atoms with Crippen molar-refractivity contribution in [3.63, 3.8) is 0 Å². The van der Waals surface area contributed by atoms with E-state index >= 15 is 0 Å². The smallest absolute Gasteiger partial charge is 0.230 e.